The first kappa shape index (κ1) is 10.3. The van der Waals surface area contributed by atoms with E-state index >= 15 is 0 Å². The average Bonchev–Trinajstić information content (AvgIpc) is 2.93. The largest absolute Gasteiger partial charge is 0.435 e. The van der Waals surface area contributed by atoms with Gasteiger partial charge in [0.1, 0.15) is 5.52 Å². The van der Waals surface area contributed by atoms with Crippen molar-refractivity contribution in [3.8, 4) is 11.5 Å². The highest BCUT2D eigenvalue weighted by atomic mass is 16.3. The second-order valence-electron chi connectivity index (χ2n) is 4.39. The lowest BCUT2D eigenvalue weighted by Crippen LogP contribution is -1.76. The lowest BCUT2D eigenvalue weighted by atomic mass is 10.1. The van der Waals surface area contributed by atoms with Crippen LogP contribution in [0.4, 0.5) is 0 Å². The smallest absolute Gasteiger partial charge is 0.227 e. The van der Waals surface area contributed by atoms with Crippen molar-refractivity contribution in [2.24, 2.45) is 0 Å². The van der Waals surface area contributed by atoms with Crippen molar-refractivity contribution in [2.75, 3.05) is 0 Å². The molecule has 3 nitrogen and oxygen atoms in total. The number of rotatable bonds is 1. The van der Waals surface area contributed by atoms with Gasteiger partial charge in [-0.1, -0.05) is 30.3 Å². The lowest BCUT2D eigenvalue weighted by molar-refractivity contribution is 0.623. The molecule has 90 valence electrons. The van der Waals surface area contributed by atoms with Crippen LogP contribution in [0, 0.1) is 0 Å². The fourth-order valence-electron chi connectivity index (χ4n) is 2.27. The Labute approximate surface area is 109 Å². The summed E-state index contributed by atoms with van der Waals surface area (Å²) < 4.78 is 5.93. The molecule has 0 amide bonds. The van der Waals surface area contributed by atoms with Crippen LogP contribution in [0.25, 0.3) is 33.3 Å². The van der Waals surface area contributed by atoms with Crippen LogP contribution in [0.5, 0.6) is 0 Å². The first-order valence-corrected chi connectivity index (χ1v) is 6.10. The first-order chi connectivity index (χ1) is 9.42. The number of oxazole rings is 1. The molecule has 0 saturated carbocycles. The predicted octanol–water partition coefficient (Wildman–Crippen LogP) is 4.04. The van der Waals surface area contributed by atoms with Gasteiger partial charge in [0.25, 0.3) is 0 Å². The molecule has 0 bridgehead atoms. The molecule has 2 aromatic heterocycles. The summed E-state index contributed by atoms with van der Waals surface area (Å²) in [6.45, 7) is 0. The van der Waals surface area contributed by atoms with Gasteiger partial charge in [-0.3, -0.25) is 4.98 Å². The minimum atomic E-state index is 0.633. The molecule has 0 radical (unpaired) electrons. The summed E-state index contributed by atoms with van der Waals surface area (Å²) in [5.74, 6) is 0.633. The summed E-state index contributed by atoms with van der Waals surface area (Å²) in [7, 11) is 0. The van der Waals surface area contributed by atoms with Crippen LogP contribution >= 0.6 is 0 Å². The van der Waals surface area contributed by atoms with Crippen LogP contribution in [0.2, 0.25) is 0 Å². The van der Waals surface area contributed by atoms with Crippen LogP contribution < -0.4 is 0 Å². The van der Waals surface area contributed by atoms with E-state index in [0.29, 0.717) is 5.89 Å². The highest BCUT2D eigenvalue weighted by Gasteiger charge is 2.10. The highest BCUT2D eigenvalue weighted by molar-refractivity contribution is 6.03. The van der Waals surface area contributed by atoms with Gasteiger partial charge in [-0.2, -0.15) is 0 Å². The van der Waals surface area contributed by atoms with Crippen molar-refractivity contribution in [3.05, 3.63) is 60.9 Å². The monoisotopic (exact) mass is 246 g/mol. The van der Waals surface area contributed by atoms with Crippen LogP contribution in [0.1, 0.15) is 0 Å². The fraction of sp³-hybridized carbons (Fsp3) is 0. The van der Waals surface area contributed by atoms with Gasteiger partial charge < -0.3 is 4.42 Å². The Bertz CT molecular complexity index is 866. The van der Waals surface area contributed by atoms with Gasteiger partial charge in [0.05, 0.1) is 0 Å². The Balaban J connectivity index is 2.04. The number of fused-ring (bicyclic) bond motifs is 3. The van der Waals surface area contributed by atoms with E-state index < -0.39 is 0 Å². The maximum absolute atomic E-state index is 5.93. The topological polar surface area (TPSA) is 38.9 Å². The highest BCUT2D eigenvalue weighted by Crippen LogP contribution is 2.29. The molecule has 4 aromatic rings. The van der Waals surface area contributed by atoms with Gasteiger partial charge in [-0.05, 0) is 23.6 Å². The molecule has 0 atom stereocenters. The molecular formula is C16H10N2O. The summed E-state index contributed by atoms with van der Waals surface area (Å²) in [4.78, 5) is 8.54. The second-order valence-corrected chi connectivity index (χ2v) is 4.39. The predicted molar refractivity (Wildman–Crippen MR) is 74.7 cm³/mol. The minimum absolute atomic E-state index is 0.633. The maximum Gasteiger partial charge on any atom is 0.227 e. The second kappa shape index (κ2) is 3.92. The Kier molecular flexibility index (Phi) is 2.12. The summed E-state index contributed by atoms with van der Waals surface area (Å²) in [6, 6.07) is 16.0. The zero-order valence-corrected chi connectivity index (χ0v) is 10.1. The van der Waals surface area contributed by atoms with Crippen LogP contribution in [0.3, 0.4) is 0 Å². The lowest BCUT2D eigenvalue weighted by Gasteiger charge is -1.96. The molecule has 19 heavy (non-hydrogen) atoms. The Morgan fingerprint density at radius 2 is 1.68 bits per heavy atom. The molecule has 3 heteroatoms. The molecule has 2 heterocycles. The third kappa shape index (κ3) is 1.59. The summed E-state index contributed by atoms with van der Waals surface area (Å²) in [6.07, 6.45) is 3.48. The van der Waals surface area contributed by atoms with Crippen molar-refractivity contribution in [2.45, 2.75) is 0 Å². The van der Waals surface area contributed by atoms with E-state index in [9.17, 15) is 0 Å². The Morgan fingerprint density at radius 1 is 0.842 bits per heavy atom. The molecule has 0 aliphatic carbocycles. The first-order valence-electron chi connectivity index (χ1n) is 6.10. The number of hydrogen-bond donors (Lipinski definition) is 0. The normalized spacial score (nSPS) is 11.2. The van der Waals surface area contributed by atoms with Gasteiger partial charge in [-0.25, -0.2) is 4.98 Å². The van der Waals surface area contributed by atoms with E-state index in [0.717, 1.165) is 27.4 Å². The quantitative estimate of drug-likeness (QED) is 0.508. The van der Waals surface area contributed by atoms with E-state index in [1.54, 1.807) is 12.4 Å². The van der Waals surface area contributed by atoms with Gasteiger partial charge in [0, 0.05) is 23.3 Å². The molecule has 0 N–H and O–H groups in total. The zero-order valence-electron chi connectivity index (χ0n) is 10.1. The van der Waals surface area contributed by atoms with Crippen molar-refractivity contribution in [3.63, 3.8) is 0 Å². The fourth-order valence-corrected chi connectivity index (χ4v) is 2.27. The molecule has 0 aliphatic rings. The molecule has 0 unspecified atom stereocenters. The molecule has 0 fully saturated rings. The molecule has 2 aromatic carbocycles. The maximum atomic E-state index is 5.93. The minimum Gasteiger partial charge on any atom is -0.435 e. The van der Waals surface area contributed by atoms with Crippen LogP contribution in [-0.2, 0) is 0 Å². The Hall–Kier alpha value is -2.68. The van der Waals surface area contributed by atoms with Crippen LogP contribution in [-0.4, -0.2) is 9.97 Å². The van der Waals surface area contributed by atoms with Crippen molar-refractivity contribution in [1.29, 1.82) is 0 Å². The zero-order chi connectivity index (χ0) is 12.7. The summed E-state index contributed by atoms with van der Waals surface area (Å²) in [5.41, 5.74) is 2.66. The van der Waals surface area contributed by atoms with Gasteiger partial charge in [-0.15, -0.1) is 0 Å². The standard InChI is InChI=1S/C16H10N2O/c1-2-4-13-11(3-1)5-6-14-15(13)19-16(18-14)12-7-9-17-10-8-12/h1-10H. The van der Waals surface area contributed by atoms with E-state index in [2.05, 4.69) is 28.2 Å². The van der Waals surface area contributed by atoms with E-state index in [1.807, 2.05) is 30.3 Å². The van der Waals surface area contributed by atoms with E-state index in [-0.39, 0.29) is 0 Å². The number of hydrogen-bond acceptors (Lipinski definition) is 3. The van der Waals surface area contributed by atoms with Crippen molar-refractivity contribution >= 4 is 21.9 Å². The van der Waals surface area contributed by atoms with Crippen molar-refractivity contribution in [1.82, 2.24) is 9.97 Å². The molecular weight excluding hydrogens is 236 g/mol. The van der Waals surface area contributed by atoms with Crippen LogP contribution in [0.15, 0.2) is 65.3 Å². The number of aromatic nitrogens is 2. The van der Waals surface area contributed by atoms with E-state index in [1.165, 1.54) is 0 Å². The number of pyridine rings is 1. The molecule has 4 rings (SSSR count). The molecule has 0 saturated heterocycles. The number of benzene rings is 2. The van der Waals surface area contributed by atoms with Gasteiger partial charge in [0.15, 0.2) is 5.58 Å². The van der Waals surface area contributed by atoms with Crippen molar-refractivity contribution < 1.29 is 4.42 Å². The number of nitrogens with zero attached hydrogens (tertiary/aromatic N) is 2. The summed E-state index contributed by atoms with van der Waals surface area (Å²) >= 11 is 0. The molecule has 0 aliphatic heterocycles. The molecule has 0 spiro atoms. The summed E-state index contributed by atoms with van der Waals surface area (Å²) in [5, 5.41) is 2.25. The van der Waals surface area contributed by atoms with E-state index in [4.69, 9.17) is 4.42 Å². The SMILES string of the molecule is c1ccc2c(c1)ccc1nc(-c3ccncc3)oc12. The van der Waals surface area contributed by atoms with Gasteiger partial charge in [0.2, 0.25) is 5.89 Å². The van der Waals surface area contributed by atoms with Gasteiger partial charge >= 0.3 is 0 Å². The average molecular weight is 246 g/mol. The Morgan fingerprint density at radius 3 is 2.58 bits per heavy atom. The third-order valence-electron chi connectivity index (χ3n) is 3.21. The third-order valence-corrected chi connectivity index (χ3v) is 3.21.